The normalized spacial score (nSPS) is 11.1. The van der Waals surface area contributed by atoms with Crippen molar-refractivity contribution in [2.75, 3.05) is 13.7 Å². The van der Waals surface area contributed by atoms with Gasteiger partial charge in [0.15, 0.2) is 0 Å². The molecule has 138 valence electrons. The molecule has 2 aromatic carbocycles. The highest BCUT2D eigenvalue weighted by molar-refractivity contribution is 5.91. The van der Waals surface area contributed by atoms with Gasteiger partial charge in [-0.05, 0) is 48.2 Å². The molecule has 0 aliphatic rings. The first kappa shape index (κ1) is 19.6. The van der Waals surface area contributed by atoms with Crippen LogP contribution in [0.25, 0.3) is 6.08 Å². The molecule has 26 heavy (non-hydrogen) atoms. The molecule has 0 amide bonds. The van der Waals surface area contributed by atoms with Crippen molar-refractivity contribution < 1.29 is 19.0 Å². The topological polar surface area (TPSA) is 44.8 Å². The molecular weight excluding hydrogens is 328 g/mol. The van der Waals surface area contributed by atoms with Gasteiger partial charge in [0.2, 0.25) is 5.76 Å². The van der Waals surface area contributed by atoms with Crippen LogP contribution < -0.4 is 4.74 Å². The second kappa shape index (κ2) is 10.3. The number of ether oxygens (including phenoxy) is 3. The van der Waals surface area contributed by atoms with Gasteiger partial charge in [-0.3, -0.25) is 0 Å². The first-order valence-electron chi connectivity index (χ1n) is 8.84. The third kappa shape index (κ3) is 5.96. The van der Waals surface area contributed by atoms with Crippen LogP contribution in [0.2, 0.25) is 0 Å². The van der Waals surface area contributed by atoms with E-state index in [-0.39, 0.29) is 5.76 Å². The molecule has 0 saturated heterocycles. The lowest BCUT2D eigenvalue weighted by Crippen LogP contribution is -2.09. The van der Waals surface area contributed by atoms with Crippen molar-refractivity contribution in [2.45, 2.75) is 33.3 Å². The van der Waals surface area contributed by atoms with E-state index in [2.05, 4.69) is 6.92 Å². The van der Waals surface area contributed by atoms with E-state index in [0.29, 0.717) is 13.2 Å². The summed E-state index contributed by atoms with van der Waals surface area (Å²) in [5.74, 6) is 0.543. The molecule has 0 radical (unpaired) electrons. The highest BCUT2D eigenvalue weighted by atomic mass is 16.6. The predicted octanol–water partition coefficient (Wildman–Crippen LogP) is 4.90. The standard InChI is InChI=1S/C22H26O4/c1-4-5-13-25-21(22(23)24-3)15-19-11-12-20(14-17(19)2)26-16-18-9-7-6-8-10-18/h6-12,14-15H,4-5,13,16H2,1-3H3/b21-15-. The minimum atomic E-state index is -0.468. The molecule has 4 heteroatoms. The molecule has 0 aliphatic heterocycles. The Morgan fingerprint density at radius 1 is 1.12 bits per heavy atom. The van der Waals surface area contributed by atoms with Crippen LogP contribution in [0.15, 0.2) is 54.3 Å². The van der Waals surface area contributed by atoms with Gasteiger partial charge in [-0.25, -0.2) is 4.79 Å². The molecule has 2 rings (SSSR count). The van der Waals surface area contributed by atoms with Crippen LogP contribution in [0.1, 0.15) is 36.5 Å². The van der Waals surface area contributed by atoms with Gasteiger partial charge < -0.3 is 14.2 Å². The third-order valence-corrected chi connectivity index (χ3v) is 3.92. The molecule has 0 heterocycles. The van der Waals surface area contributed by atoms with Crippen molar-refractivity contribution >= 4 is 12.0 Å². The Kier molecular flexibility index (Phi) is 7.75. The van der Waals surface area contributed by atoms with E-state index in [9.17, 15) is 4.79 Å². The van der Waals surface area contributed by atoms with Crippen LogP contribution in [0.3, 0.4) is 0 Å². The summed E-state index contributed by atoms with van der Waals surface area (Å²) in [4.78, 5) is 11.9. The zero-order chi connectivity index (χ0) is 18.8. The number of benzene rings is 2. The summed E-state index contributed by atoms with van der Waals surface area (Å²) < 4.78 is 16.2. The van der Waals surface area contributed by atoms with Gasteiger partial charge in [0, 0.05) is 0 Å². The minimum Gasteiger partial charge on any atom is -0.489 e. The second-order valence-corrected chi connectivity index (χ2v) is 5.99. The molecule has 0 atom stereocenters. The zero-order valence-corrected chi connectivity index (χ0v) is 15.7. The average Bonchev–Trinajstić information content (AvgIpc) is 2.67. The van der Waals surface area contributed by atoms with Gasteiger partial charge in [0.25, 0.3) is 0 Å². The van der Waals surface area contributed by atoms with Crippen LogP contribution in [-0.2, 0) is 20.9 Å². The molecule has 0 saturated carbocycles. The van der Waals surface area contributed by atoms with Crippen LogP contribution >= 0.6 is 0 Å². The lowest BCUT2D eigenvalue weighted by molar-refractivity contribution is -0.140. The summed E-state index contributed by atoms with van der Waals surface area (Å²) in [7, 11) is 1.35. The number of rotatable bonds is 9. The number of hydrogen-bond donors (Lipinski definition) is 0. The Morgan fingerprint density at radius 2 is 1.88 bits per heavy atom. The number of unbranched alkanes of at least 4 members (excludes halogenated alkanes) is 1. The molecule has 4 nitrogen and oxygen atoms in total. The fraction of sp³-hybridized carbons (Fsp3) is 0.318. The molecule has 0 unspecified atom stereocenters. The monoisotopic (exact) mass is 354 g/mol. The lowest BCUT2D eigenvalue weighted by atomic mass is 10.1. The molecule has 0 aromatic heterocycles. The van der Waals surface area contributed by atoms with E-state index >= 15 is 0 Å². The first-order chi connectivity index (χ1) is 12.6. The Balaban J connectivity index is 2.09. The maximum atomic E-state index is 11.9. The van der Waals surface area contributed by atoms with Gasteiger partial charge in [-0.2, -0.15) is 0 Å². The van der Waals surface area contributed by atoms with Crippen LogP contribution in [0.4, 0.5) is 0 Å². The fourth-order valence-electron chi connectivity index (χ4n) is 2.37. The Labute approximate surface area is 155 Å². The highest BCUT2D eigenvalue weighted by Crippen LogP contribution is 2.21. The number of carbonyl (C=O) groups is 1. The highest BCUT2D eigenvalue weighted by Gasteiger charge is 2.12. The lowest BCUT2D eigenvalue weighted by Gasteiger charge is -2.11. The largest absolute Gasteiger partial charge is 0.489 e. The molecule has 2 aromatic rings. The van der Waals surface area contributed by atoms with Gasteiger partial charge in [-0.15, -0.1) is 0 Å². The summed E-state index contributed by atoms with van der Waals surface area (Å²) in [6.45, 7) is 5.06. The maximum Gasteiger partial charge on any atom is 0.373 e. The average molecular weight is 354 g/mol. The summed E-state index contributed by atoms with van der Waals surface area (Å²) in [6, 6.07) is 15.8. The van der Waals surface area contributed by atoms with E-state index in [1.165, 1.54) is 7.11 Å². The van der Waals surface area contributed by atoms with Crippen molar-refractivity contribution in [3.63, 3.8) is 0 Å². The van der Waals surface area contributed by atoms with Gasteiger partial charge in [0.05, 0.1) is 13.7 Å². The summed E-state index contributed by atoms with van der Waals surface area (Å²) in [5.41, 5.74) is 3.01. The molecule has 0 aliphatic carbocycles. The molecule has 0 bridgehead atoms. The summed E-state index contributed by atoms with van der Waals surface area (Å²) in [5, 5.41) is 0. The molecule has 0 spiro atoms. The maximum absolute atomic E-state index is 11.9. The predicted molar refractivity (Wildman–Crippen MR) is 103 cm³/mol. The van der Waals surface area contributed by atoms with Crippen LogP contribution in [0.5, 0.6) is 5.75 Å². The van der Waals surface area contributed by atoms with Crippen molar-refractivity contribution in [3.05, 3.63) is 71.0 Å². The van der Waals surface area contributed by atoms with E-state index in [1.807, 2.05) is 55.5 Å². The minimum absolute atomic E-state index is 0.224. The van der Waals surface area contributed by atoms with Crippen molar-refractivity contribution in [3.8, 4) is 5.75 Å². The summed E-state index contributed by atoms with van der Waals surface area (Å²) in [6.07, 6.45) is 3.61. The molecular formula is C22H26O4. The molecule has 0 N–H and O–H groups in total. The Bertz CT molecular complexity index is 735. The van der Waals surface area contributed by atoms with Crippen LogP contribution in [-0.4, -0.2) is 19.7 Å². The van der Waals surface area contributed by atoms with E-state index < -0.39 is 5.97 Å². The SMILES string of the molecule is CCCCO/C(=C\c1ccc(OCc2ccccc2)cc1C)C(=O)OC. The number of hydrogen-bond acceptors (Lipinski definition) is 4. The van der Waals surface area contributed by atoms with Gasteiger partial charge in [0.1, 0.15) is 12.4 Å². The fourth-order valence-corrected chi connectivity index (χ4v) is 2.37. The van der Waals surface area contributed by atoms with Gasteiger partial charge >= 0.3 is 5.97 Å². The van der Waals surface area contributed by atoms with E-state index in [0.717, 1.165) is 35.3 Å². The number of esters is 1. The quantitative estimate of drug-likeness (QED) is 0.278. The zero-order valence-electron chi connectivity index (χ0n) is 15.7. The smallest absolute Gasteiger partial charge is 0.373 e. The van der Waals surface area contributed by atoms with E-state index in [1.54, 1.807) is 6.08 Å². The van der Waals surface area contributed by atoms with E-state index in [4.69, 9.17) is 14.2 Å². The van der Waals surface area contributed by atoms with Crippen molar-refractivity contribution in [1.29, 1.82) is 0 Å². The number of carbonyl (C=O) groups excluding carboxylic acids is 1. The Morgan fingerprint density at radius 3 is 2.54 bits per heavy atom. The number of aryl methyl sites for hydroxylation is 1. The Hall–Kier alpha value is -2.75. The van der Waals surface area contributed by atoms with Crippen molar-refractivity contribution in [1.82, 2.24) is 0 Å². The second-order valence-electron chi connectivity index (χ2n) is 5.99. The third-order valence-electron chi connectivity index (χ3n) is 3.92. The van der Waals surface area contributed by atoms with Crippen molar-refractivity contribution in [2.24, 2.45) is 0 Å². The summed E-state index contributed by atoms with van der Waals surface area (Å²) >= 11 is 0. The number of methoxy groups -OCH3 is 1. The van der Waals surface area contributed by atoms with Gasteiger partial charge in [-0.1, -0.05) is 49.7 Å². The molecule has 0 fully saturated rings. The van der Waals surface area contributed by atoms with Crippen LogP contribution in [0, 0.1) is 6.92 Å². The first-order valence-corrected chi connectivity index (χ1v) is 8.84.